The molecule has 4 aliphatic rings. The summed E-state index contributed by atoms with van der Waals surface area (Å²) < 4.78 is 0. The summed E-state index contributed by atoms with van der Waals surface area (Å²) in [5.74, 6) is -7.31. The van der Waals surface area contributed by atoms with E-state index >= 15 is 0 Å². The zero-order valence-electron chi connectivity index (χ0n) is 21.9. The third kappa shape index (κ3) is 3.98. The van der Waals surface area contributed by atoms with E-state index in [1.807, 2.05) is 0 Å². The molecule has 0 unspecified atom stereocenters. The molecule has 1 aliphatic heterocycles. The first kappa shape index (κ1) is 27.0. The monoisotopic (exact) mass is 539 g/mol. The molecule has 0 aromatic heterocycles. The highest BCUT2D eigenvalue weighted by atomic mass is 16.3. The zero-order chi connectivity index (χ0) is 28.4. The molecule has 0 radical (unpaired) electrons. The van der Waals surface area contributed by atoms with Crippen molar-refractivity contribution in [3.63, 3.8) is 0 Å². The van der Waals surface area contributed by atoms with Crippen molar-refractivity contribution >= 4 is 29.0 Å². The van der Waals surface area contributed by atoms with Crippen molar-refractivity contribution in [1.82, 2.24) is 9.80 Å². The fourth-order valence-corrected chi connectivity index (χ4v) is 6.91. The summed E-state index contributed by atoms with van der Waals surface area (Å²) in [6.07, 6.45) is 3.19. The SMILES string of the molecule is CN(C)[C@H]1C(=O)C(C(N)=O)=C(O)[C@@]2(O)C(=O)C3=C(O)c4c(O)ccc(C(=O)CN5CCCCC5)c4C[C@H]3C[C@@H]12. The first-order chi connectivity index (χ1) is 18.4. The molecule has 1 aromatic carbocycles. The van der Waals surface area contributed by atoms with Crippen LogP contribution in [0.3, 0.4) is 0 Å². The molecular formula is C28H33N3O8. The number of amides is 1. The number of carbonyl (C=O) groups excluding carboxylic acids is 4. The maximum Gasteiger partial charge on any atom is 0.255 e. The van der Waals surface area contributed by atoms with Crippen molar-refractivity contribution < 1.29 is 39.6 Å². The molecule has 39 heavy (non-hydrogen) atoms. The molecule has 5 rings (SSSR count). The number of aliphatic hydroxyl groups excluding tert-OH is 2. The van der Waals surface area contributed by atoms with Crippen molar-refractivity contribution in [2.75, 3.05) is 33.7 Å². The molecule has 0 spiro atoms. The van der Waals surface area contributed by atoms with Crippen LogP contribution in [0.1, 0.15) is 47.2 Å². The second-order valence-electron chi connectivity index (χ2n) is 11.2. The fraction of sp³-hybridized carbons (Fsp3) is 0.500. The van der Waals surface area contributed by atoms with E-state index in [1.165, 1.54) is 17.0 Å². The highest BCUT2D eigenvalue weighted by molar-refractivity contribution is 6.24. The van der Waals surface area contributed by atoms with E-state index in [0.29, 0.717) is 11.1 Å². The lowest BCUT2D eigenvalue weighted by atomic mass is 9.57. The first-order valence-corrected chi connectivity index (χ1v) is 13.1. The number of phenolic OH excluding ortho intramolecular Hbond substituents is 1. The topological polar surface area (TPSA) is 182 Å². The molecule has 1 amide bonds. The van der Waals surface area contributed by atoms with Gasteiger partial charge in [0.2, 0.25) is 5.78 Å². The Morgan fingerprint density at radius 3 is 2.38 bits per heavy atom. The minimum Gasteiger partial charge on any atom is -0.508 e. The quantitative estimate of drug-likeness (QED) is 0.263. The Morgan fingerprint density at radius 2 is 1.77 bits per heavy atom. The minimum absolute atomic E-state index is 0.0266. The van der Waals surface area contributed by atoms with Crippen LogP contribution in [0, 0.1) is 11.8 Å². The van der Waals surface area contributed by atoms with Crippen LogP contribution in [-0.2, 0) is 20.8 Å². The maximum absolute atomic E-state index is 13.9. The van der Waals surface area contributed by atoms with Gasteiger partial charge in [0, 0.05) is 17.1 Å². The van der Waals surface area contributed by atoms with Crippen LogP contribution in [0.2, 0.25) is 0 Å². The summed E-state index contributed by atoms with van der Waals surface area (Å²) in [6.45, 7) is 1.80. The standard InChI is InChI=1S/C28H33N3O8/c1-30(2)22-16-11-13-10-15-14(18(33)12-31-8-4-3-5-9-31)6-7-17(32)20(15)23(34)19(13)25(36)28(16,39)26(37)21(24(22)35)27(29)38/h6-7,13,16,22,32,34,37,39H,3-5,8-12H2,1-2H3,(H2,29,38)/t13-,16-,22+,28-/m0/s1. The molecular weight excluding hydrogens is 506 g/mol. The summed E-state index contributed by atoms with van der Waals surface area (Å²) in [5, 5.41) is 44.6. The lowest BCUT2D eigenvalue weighted by Crippen LogP contribution is -2.65. The van der Waals surface area contributed by atoms with E-state index in [9.17, 15) is 39.6 Å². The predicted molar refractivity (Wildman–Crippen MR) is 139 cm³/mol. The van der Waals surface area contributed by atoms with Gasteiger partial charge in [-0.05, 0) is 76.5 Å². The number of nitrogens with two attached hydrogens (primary N) is 1. The number of rotatable bonds is 5. The normalized spacial score (nSPS) is 29.3. The fourth-order valence-electron chi connectivity index (χ4n) is 6.91. The molecule has 3 aliphatic carbocycles. The van der Waals surface area contributed by atoms with E-state index < -0.39 is 58.0 Å². The largest absolute Gasteiger partial charge is 0.508 e. The number of phenols is 1. The molecule has 1 saturated carbocycles. The number of likely N-dealkylation sites (N-methyl/N-ethyl adjacent to an activating group) is 1. The number of hydrogen-bond acceptors (Lipinski definition) is 10. The molecule has 11 nitrogen and oxygen atoms in total. The van der Waals surface area contributed by atoms with Gasteiger partial charge < -0.3 is 26.2 Å². The lowest BCUT2D eigenvalue weighted by Gasteiger charge is -2.50. The molecule has 1 aromatic rings. The Kier molecular flexibility index (Phi) is 6.64. The van der Waals surface area contributed by atoms with Gasteiger partial charge in [0.25, 0.3) is 5.91 Å². The van der Waals surface area contributed by atoms with Gasteiger partial charge in [-0.2, -0.15) is 0 Å². The average molecular weight is 540 g/mol. The number of carbonyl (C=O) groups is 4. The number of likely N-dealkylation sites (tertiary alicyclic amines) is 1. The maximum atomic E-state index is 13.9. The van der Waals surface area contributed by atoms with E-state index in [-0.39, 0.29) is 42.1 Å². The van der Waals surface area contributed by atoms with Gasteiger partial charge in [-0.1, -0.05) is 6.42 Å². The van der Waals surface area contributed by atoms with Crippen LogP contribution in [0.15, 0.2) is 29.0 Å². The van der Waals surface area contributed by atoms with Gasteiger partial charge in [-0.3, -0.25) is 29.0 Å². The third-order valence-corrected chi connectivity index (χ3v) is 8.72. The van der Waals surface area contributed by atoms with Crippen molar-refractivity contribution in [3.8, 4) is 5.75 Å². The number of piperidine rings is 1. The van der Waals surface area contributed by atoms with Crippen LogP contribution in [-0.4, -0.2) is 98.9 Å². The number of nitrogens with zero attached hydrogens (tertiary/aromatic N) is 2. The smallest absolute Gasteiger partial charge is 0.255 e. The Morgan fingerprint density at radius 1 is 1.10 bits per heavy atom. The Hall–Kier alpha value is -3.54. The van der Waals surface area contributed by atoms with E-state index in [4.69, 9.17) is 5.73 Å². The predicted octanol–water partition coefficient (Wildman–Crippen LogP) is 0.633. The van der Waals surface area contributed by atoms with E-state index in [1.54, 1.807) is 14.1 Å². The van der Waals surface area contributed by atoms with Gasteiger partial charge >= 0.3 is 0 Å². The molecule has 6 N–H and O–H groups in total. The van der Waals surface area contributed by atoms with Crippen LogP contribution in [0.4, 0.5) is 0 Å². The Balaban J connectivity index is 1.63. The summed E-state index contributed by atoms with van der Waals surface area (Å²) in [4.78, 5) is 56.0. The summed E-state index contributed by atoms with van der Waals surface area (Å²) >= 11 is 0. The molecule has 1 saturated heterocycles. The van der Waals surface area contributed by atoms with Crippen molar-refractivity contribution in [1.29, 1.82) is 0 Å². The Labute approximate surface area is 225 Å². The number of Topliss-reactive ketones (excluding diaryl/α,β-unsaturated/α-hetero) is 3. The number of fused-ring (bicyclic) bond motifs is 3. The molecule has 0 bridgehead atoms. The van der Waals surface area contributed by atoms with Gasteiger partial charge in [0.15, 0.2) is 17.2 Å². The molecule has 11 heteroatoms. The number of hydrogen-bond donors (Lipinski definition) is 5. The average Bonchev–Trinajstić information content (AvgIpc) is 2.86. The highest BCUT2D eigenvalue weighted by Gasteiger charge is 2.64. The first-order valence-electron chi connectivity index (χ1n) is 13.1. The molecule has 208 valence electrons. The highest BCUT2D eigenvalue weighted by Crippen LogP contribution is 2.53. The second kappa shape index (κ2) is 9.58. The van der Waals surface area contributed by atoms with Crippen LogP contribution < -0.4 is 5.73 Å². The van der Waals surface area contributed by atoms with Gasteiger partial charge in [-0.15, -0.1) is 0 Å². The van der Waals surface area contributed by atoms with E-state index in [0.717, 1.165) is 32.4 Å². The lowest BCUT2D eigenvalue weighted by molar-refractivity contribution is -0.153. The molecule has 1 heterocycles. The minimum atomic E-state index is -2.69. The summed E-state index contributed by atoms with van der Waals surface area (Å²) in [5.41, 5.74) is 2.20. The number of aliphatic hydroxyl groups is 3. The van der Waals surface area contributed by atoms with Crippen molar-refractivity contribution in [2.24, 2.45) is 17.6 Å². The molecule has 4 atom stereocenters. The Bertz CT molecular complexity index is 1360. The van der Waals surface area contributed by atoms with Crippen LogP contribution >= 0.6 is 0 Å². The number of ketones is 3. The van der Waals surface area contributed by atoms with E-state index in [2.05, 4.69) is 4.90 Å². The van der Waals surface area contributed by atoms with Crippen molar-refractivity contribution in [3.05, 3.63) is 45.7 Å². The number of primary amides is 1. The van der Waals surface area contributed by atoms with Gasteiger partial charge in [0.05, 0.1) is 18.2 Å². The summed E-state index contributed by atoms with van der Waals surface area (Å²) in [6, 6.07) is 1.64. The van der Waals surface area contributed by atoms with Gasteiger partial charge in [0.1, 0.15) is 22.8 Å². The van der Waals surface area contributed by atoms with Crippen molar-refractivity contribution in [2.45, 2.75) is 43.7 Å². The van der Waals surface area contributed by atoms with Crippen LogP contribution in [0.25, 0.3) is 5.76 Å². The summed E-state index contributed by atoms with van der Waals surface area (Å²) in [7, 11) is 3.09. The van der Waals surface area contributed by atoms with Crippen LogP contribution in [0.5, 0.6) is 5.75 Å². The number of benzene rings is 1. The third-order valence-electron chi connectivity index (χ3n) is 8.72. The zero-order valence-corrected chi connectivity index (χ0v) is 21.9. The second-order valence-corrected chi connectivity index (χ2v) is 11.2. The molecule has 2 fully saturated rings. The number of aromatic hydroxyl groups is 1. The van der Waals surface area contributed by atoms with Gasteiger partial charge in [-0.25, -0.2) is 0 Å².